The predicted octanol–water partition coefficient (Wildman–Crippen LogP) is 3.93. The molecule has 3 rings (SSSR count). The van der Waals surface area contributed by atoms with Crippen molar-refractivity contribution in [2.75, 3.05) is 19.6 Å². The Balaban J connectivity index is 1.95. The first kappa shape index (κ1) is 21.4. The van der Waals surface area contributed by atoms with E-state index in [9.17, 15) is 26.4 Å². The lowest BCUT2D eigenvalue weighted by molar-refractivity contribution is -0.144. The summed E-state index contributed by atoms with van der Waals surface area (Å²) in [6.45, 7) is 0.948. The Labute approximate surface area is 167 Å². The van der Waals surface area contributed by atoms with Gasteiger partial charge >= 0.3 is 6.18 Å². The van der Waals surface area contributed by atoms with Crippen LogP contribution in [-0.4, -0.2) is 55.4 Å². The fraction of sp³-hybridized carbons (Fsp3) is 0.611. The minimum absolute atomic E-state index is 0.0154. The molecule has 0 N–H and O–H groups in total. The van der Waals surface area contributed by atoms with Crippen LogP contribution in [0.25, 0.3) is 0 Å². The SMILES string of the molecule is CC(C1CC1)N(CC(F)(F)F)C(=O)c1cc(S(=O)(=O)N2CCCC2)ccc1Cl. The maximum absolute atomic E-state index is 13.1. The van der Waals surface area contributed by atoms with Gasteiger partial charge in [0.05, 0.1) is 15.5 Å². The van der Waals surface area contributed by atoms with Gasteiger partial charge in [-0.3, -0.25) is 4.79 Å². The van der Waals surface area contributed by atoms with E-state index in [1.54, 1.807) is 6.92 Å². The number of benzene rings is 1. The van der Waals surface area contributed by atoms with Crippen molar-refractivity contribution in [1.82, 2.24) is 9.21 Å². The molecule has 1 amide bonds. The molecule has 5 nitrogen and oxygen atoms in total. The van der Waals surface area contributed by atoms with E-state index in [2.05, 4.69) is 0 Å². The van der Waals surface area contributed by atoms with Crippen LogP contribution in [0, 0.1) is 5.92 Å². The van der Waals surface area contributed by atoms with Crippen LogP contribution in [-0.2, 0) is 10.0 Å². The third-order valence-corrected chi connectivity index (χ3v) is 7.50. The van der Waals surface area contributed by atoms with E-state index in [4.69, 9.17) is 11.6 Å². The number of rotatable bonds is 6. The molecule has 2 fully saturated rings. The summed E-state index contributed by atoms with van der Waals surface area (Å²) in [6, 6.07) is 3.03. The highest BCUT2D eigenvalue weighted by molar-refractivity contribution is 7.89. The number of nitrogens with zero attached hydrogens (tertiary/aromatic N) is 2. The van der Waals surface area contributed by atoms with E-state index < -0.39 is 34.7 Å². The maximum Gasteiger partial charge on any atom is 0.406 e. The van der Waals surface area contributed by atoms with Crippen LogP contribution in [0.15, 0.2) is 23.1 Å². The summed E-state index contributed by atoms with van der Waals surface area (Å²) in [5.74, 6) is -0.887. The van der Waals surface area contributed by atoms with E-state index in [0.29, 0.717) is 13.1 Å². The minimum atomic E-state index is -4.56. The molecular formula is C18H22ClF3N2O3S. The maximum atomic E-state index is 13.1. The van der Waals surface area contributed by atoms with Gasteiger partial charge in [-0.2, -0.15) is 17.5 Å². The Morgan fingerprint density at radius 2 is 1.89 bits per heavy atom. The highest BCUT2D eigenvalue weighted by Crippen LogP contribution is 2.37. The number of hydrogen-bond acceptors (Lipinski definition) is 3. The van der Waals surface area contributed by atoms with Gasteiger partial charge in [0, 0.05) is 19.1 Å². The second-order valence-electron chi connectivity index (χ2n) is 7.38. The van der Waals surface area contributed by atoms with Gasteiger partial charge in [-0.1, -0.05) is 11.6 Å². The smallest absolute Gasteiger partial charge is 0.327 e. The van der Waals surface area contributed by atoms with Crippen LogP contribution in [0.2, 0.25) is 5.02 Å². The van der Waals surface area contributed by atoms with E-state index in [1.807, 2.05) is 0 Å². The molecule has 0 aromatic heterocycles. The summed E-state index contributed by atoms with van der Waals surface area (Å²) in [7, 11) is -3.81. The van der Waals surface area contributed by atoms with Gasteiger partial charge < -0.3 is 4.90 Å². The normalized spacial score (nSPS) is 19.6. The number of carbonyl (C=O) groups excluding carboxylic acids is 1. The lowest BCUT2D eigenvalue weighted by Crippen LogP contribution is -2.45. The molecule has 1 aliphatic heterocycles. The average molecular weight is 439 g/mol. The highest BCUT2D eigenvalue weighted by atomic mass is 35.5. The third kappa shape index (κ3) is 4.63. The molecule has 0 spiro atoms. The fourth-order valence-corrected chi connectivity index (χ4v) is 5.23. The van der Waals surface area contributed by atoms with Gasteiger partial charge in [-0.05, 0) is 56.7 Å². The number of alkyl halides is 3. The second kappa shape index (κ2) is 7.84. The van der Waals surface area contributed by atoms with Crippen molar-refractivity contribution < 1.29 is 26.4 Å². The first-order valence-electron chi connectivity index (χ1n) is 9.18. The summed E-state index contributed by atoms with van der Waals surface area (Å²) in [5, 5.41) is -0.0689. The quantitative estimate of drug-likeness (QED) is 0.676. The molecule has 0 bridgehead atoms. The molecule has 1 unspecified atom stereocenters. The second-order valence-corrected chi connectivity index (χ2v) is 9.72. The van der Waals surface area contributed by atoms with Gasteiger partial charge in [-0.15, -0.1) is 0 Å². The van der Waals surface area contributed by atoms with Crippen molar-refractivity contribution in [3.63, 3.8) is 0 Å². The van der Waals surface area contributed by atoms with Crippen LogP contribution in [0.3, 0.4) is 0 Å². The first-order chi connectivity index (χ1) is 13.0. The summed E-state index contributed by atoms with van der Waals surface area (Å²) < 4.78 is 66.0. The van der Waals surface area contributed by atoms with Gasteiger partial charge in [0.25, 0.3) is 5.91 Å². The van der Waals surface area contributed by atoms with Crippen molar-refractivity contribution in [2.24, 2.45) is 5.92 Å². The molecular weight excluding hydrogens is 417 g/mol. The Bertz CT molecular complexity index is 850. The number of halogens is 4. The third-order valence-electron chi connectivity index (χ3n) is 5.28. The minimum Gasteiger partial charge on any atom is -0.327 e. The topological polar surface area (TPSA) is 57.7 Å². The van der Waals surface area contributed by atoms with Crippen LogP contribution in [0.5, 0.6) is 0 Å². The van der Waals surface area contributed by atoms with Gasteiger partial charge in [0.2, 0.25) is 10.0 Å². The molecule has 1 atom stereocenters. The largest absolute Gasteiger partial charge is 0.406 e. The van der Waals surface area contributed by atoms with E-state index in [-0.39, 0.29) is 21.4 Å². The van der Waals surface area contributed by atoms with Crippen molar-refractivity contribution in [1.29, 1.82) is 0 Å². The van der Waals surface area contributed by atoms with Crippen molar-refractivity contribution in [3.05, 3.63) is 28.8 Å². The number of amides is 1. The zero-order valence-corrected chi connectivity index (χ0v) is 16.9. The Hall–Kier alpha value is -1.32. The monoisotopic (exact) mass is 438 g/mol. The Kier molecular flexibility index (Phi) is 5.99. The molecule has 1 saturated heterocycles. The van der Waals surface area contributed by atoms with Crippen LogP contribution in [0.4, 0.5) is 13.2 Å². The zero-order chi connectivity index (χ0) is 20.7. The van der Waals surface area contributed by atoms with Gasteiger partial charge in [0.1, 0.15) is 6.54 Å². The molecule has 1 aromatic carbocycles. The van der Waals surface area contributed by atoms with Crippen LogP contribution in [0.1, 0.15) is 43.0 Å². The van der Waals surface area contributed by atoms with E-state index >= 15 is 0 Å². The van der Waals surface area contributed by atoms with Gasteiger partial charge in [-0.25, -0.2) is 8.42 Å². The lowest BCUT2D eigenvalue weighted by atomic mass is 10.1. The summed E-state index contributed by atoms with van der Waals surface area (Å²) in [4.78, 5) is 13.6. The number of sulfonamides is 1. The zero-order valence-electron chi connectivity index (χ0n) is 15.4. The van der Waals surface area contributed by atoms with E-state index in [0.717, 1.165) is 36.6 Å². The fourth-order valence-electron chi connectivity index (χ4n) is 3.49. The molecule has 10 heteroatoms. The standard InChI is InChI=1S/C18H22ClF3N2O3S/c1-12(13-4-5-13)24(11-18(20,21)22)17(25)15-10-14(6-7-16(15)19)28(26,27)23-8-2-3-9-23/h6-7,10,12-13H,2-5,8-9,11H2,1H3. The molecule has 0 radical (unpaired) electrons. The van der Waals surface area contributed by atoms with Crippen molar-refractivity contribution >= 4 is 27.5 Å². The molecule has 2 aliphatic rings. The summed E-state index contributed by atoms with van der Waals surface area (Å²) in [6.07, 6.45) is -1.54. The molecule has 1 saturated carbocycles. The molecule has 28 heavy (non-hydrogen) atoms. The van der Waals surface area contributed by atoms with Crippen molar-refractivity contribution in [3.8, 4) is 0 Å². The molecule has 156 valence electrons. The summed E-state index contributed by atoms with van der Waals surface area (Å²) >= 11 is 6.08. The molecule has 1 heterocycles. The van der Waals surface area contributed by atoms with Crippen LogP contribution < -0.4 is 0 Å². The Morgan fingerprint density at radius 3 is 2.43 bits per heavy atom. The summed E-state index contributed by atoms with van der Waals surface area (Å²) in [5.41, 5.74) is -0.223. The van der Waals surface area contributed by atoms with Crippen LogP contribution >= 0.6 is 11.6 Å². The van der Waals surface area contributed by atoms with Crippen molar-refractivity contribution in [2.45, 2.75) is 49.7 Å². The Morgan fingerprint density at radius 1 is 1.29 bits per heavy atom. The number of carbonyl (C=O) groups is 1. The van der Waals surface area contributed by atoms with Gasteiger partial charge in [0.15, 0.2) is 0 Å². The predicted molar refractivity (Wildman–Crippen MR) is 98.7 cm³/mol. The average Bonchev–Trinajstić information content (AvgIpc) is 3.31. The van der Waals surface area contributed by atoms with E-state index in [1.165, 1.54) is 16.4 Å². The highest BCUT2D eigenvalue weighted by Gasteiger charge is 2.41. The number of hydrogen-bond donors (Lipinski definition) is 0. The lowest BCUT2D eigenvalue weighted by Gasteiger charge is -2.30. The first-order valence-corrected chi connectivity index (χ1v) is 11.0. The molecule has 1 aliphatic carbocycles. The molecule has 1 aromatic rings.